The van der Waals surface area contributed by atoms with Crippen LogP contribution in [0.1, 0.15) is 15.9 Å². The minimum absolute atomic E-state index is 0.208. The molecule has 2 aromatic carbocycles. The molecule has 0 heterocycles. The van der Waals surface area contributed by atoms with Crippen LogP contribution in [0, 0.1) is 11.6 Å². The number of rotatable bonds is 3. The van der Waals surface area contributed by atoms with Gasteiger partial charge in [-0.3, -0.25) is 4.79 Å². The van der Waals surface area contributed by atoms with E-state index in [0.717, 1.165) is 18.2 Å². The van der Waals surface area contributed by atoms with Crippen molar-refractivity contribution in [2.75, 3.05) is 0 Å². The lowest BCUT2D eigenvalue weighted by molar-refractivity contribution is 0.104. The summed E-state index contributed by atoms with van der Waals surface area (Å²) in [5, 5.41) is 0.659. The van der Waals surface area contributed by atoms with Crippen LogP contribution in [-0.2, 0) is 0 Å². The average Bonchev–Trinajstić information content (AvgIpc) is 2.40. The molecule has 5 heteroatoms. The van der Waals surface area contributed by atoms with Gasteiger partial charge in [0.2, 0.25) is 0 Å². The number of allylic oxidation sites excluding steroid dienone is 1. The van der Waals surface area contributed by atoms with Gasteiger partial charge in [0, 0.05) is 6.07 Å². The maximum Gasteiger partial charge on any atom is 0.188 e. The van der Waals surface area contributed by atoms with Crippen LogP contribution in [0.4, 0.5) is 8.78 Å². The van der Waals surface area contributed by atoms with Gasteiger partial charge in [-0.1, -0.05) is 35.3 Å². The Hall–Kier alpha value is -1.71. The van der Waals surface area contributed by atoms with E-state index in [1.54, 1.807) is 18.2 Å². The molecule has 0 amide bonds. The Bertz CT molecular complexity index is 696. The summed E-state index contributed by atoms with van der Waals surface area (Å²) < 4.78 is 26.2. The highest BCUT2D eigenvalue weighted by molar-refractivity contribution is 6.42. The molecule has 0 spiro atoms. The number of hydrogen-bond acceptors (Lipinski definition) is 1. The first-order valence-electron chi connectivity index (χ1n) is 5.60. The van der Waals surface area contributed by atoms with Gasteiger partial charge in [-0.05, 0) is 35.9 Å². The van der Waals surface area contributed by atoms with Crippen molar-refractivity contribution >= 4 is 35.1 Å². The molecule has 0 aliphatic rings. The molecule has 20 heavy (non-hydrogen) atoms. The van der Waals surface area contributed by atoms with Gasteiger partial charge in [0.25, 0.3) is 0 Å². The topological polar surface area (TPSA) is 17.1 Å². The van der Waals surface area contributed by atoms with E-state index in [-0.39, 0.29) is 5.56 Å². The van der Waals surface area contributed by atoms with Crippen LogP contribution >= 0.6 is 23.2 Å². The summed E-state index contributed by atoms with van der Waals surface area (Å²) in [6.45, 7) is 0. The highest BCUT2D eigenvalue weighted by Gasteiger charge is 2.10. The molecule has 0 saturated carbocycles. The van der Waals surface area contributed by atoms with Crippen LogP contribution in [0.3, 0.4) is 0 Å². The van der Waals surface area contributed by atoms with Crippen LogP contribution < -0.4 is 0 Å². The Morgan fingerprint density at radius 3 is 2.55 bits per heavy atom. The Morgan fingerprint density at radius 1 is 1.10 bits per heavy atom. The molecule has 2 aromatic rings. The number of carbonyl (C=O) groups is 1. The molecule has 0 fully saturated rings. The lowest BCUT2D eigenvalue weighted by atomic mass is 10.1. The molecule has 0 radical (unpaired) electrons. The predicted molar refractivity (Wildman–Crippen MR) is 76.2 cm³/mol. The molecule has 102 valence electrons. The quantitative estimate of drug-likeness (QED) is 0.564. The minimum Gasteiger partial charge on any atom is -0.289 e. The van der Waals surface area contributed by atoms with Crippen LogP contribution in [0.5, 0.6) is 0 Å². The van der Waals surface area contributed by atoms with Crippen LogP contribution in [0.2, 0.25) is 10.0 Å². The Morgan fingerprint density at radius 2 is 1.85 bits per heavy atom. The number of halogens is 4. The molecule has 0 aromatic heterocycles. The summed E-state index contributed by atoms with van der Waals surface area (Å²) in [5.41, 5.74) is 0.329. The molecule has 0 bridgehead atoms. The lowest BCUT2D eigenvalue weighted by Gasteiger charge is -2.01. The smallest absolute Gasteiger partial charge is 0.188 e. The second-order valence-electron chi connectivity index (χ2n) is 3.96. The number of hydrogen-bond donors (Lipinski definition) is 0. The van der Waals surface area contributed by atoms with Crippen LogP contribution in [-0.4, -0.2) is 5.78 Å². The first-order valence-corrected chi connectivity index (χ1v) is 6.36. The van der Waals surface area contributed by atoms with Gasteiger partial charge < -0.3 is 0 Å². The first-order chi connectivity index (χ1) is 9.49. The van der Waals surface area contributed by atoms with Crippen molar-refractivity contribution in [3.63, 3.8) is 0 Å². The monoisotopic (exact) mass is 312 g/mol. The van der Waals surface area contributed by atoms with Crippen LogP contribution in [0.15, 0.2) is 42.5 Å². The standard InChI is InChI=1S/C15H8Cl2F2O/c16-12-3-1-2-9(15(12)17)4-7-14(20)11-6-5-10(18)8-13(11)19/h1-8H/b7-4+. The van der Waals surface area contributed by atoms with Crippen molar-refractivity contribution in [2.45, 2.75) is 0 Å². The molecule has 0 saturated heterocycles. The zero-order valence-corrected chi connectivity index (χ0v) is 11.6. The Balaban J connectivity index is 2.27. The van der Waals surface area contributed by atoms with Crippen molar-refractivity contribution < 1.29 is 13.6 Å². The van der Waals surface area contributed by atoms with Crippen molar-refractivity contribution in [3.05, 3.63) is 75.3 Å². The summed E-state index contributed by atoms with van der Waals surface area (Å²) in [7, 11) is 0. The third-order valence-corrected chi connectivity index (χ3v) is 3.43. The van der Waals surface area contributed by atoms with Crippen molar-refractivity contribution in [3.8, 4) is 0 Å². The fourth-order valence-corrected chi connectivity index (χ4v) is 1.96. The average molecular weight is 313 g/mol. The summed E-state index contributed by atoms with van der Waals surface area (Å²) in [4.78, 5) is 11.8. The SMILES string of the molecule is O=C(/C=C/c1cccc(Cl)c1Cl)c1ccc(F)cc1F. The summed E-state index contributed by atoms with van der Waals surface area (Å²) in [6, 6.07) is 7.74. The van der Waals surface area contributed by atoms with E-state index in [9.17, 15) is 13.6 Å². The Kier molecular flexibility index (Phi) is 4.53. The summed E-state index contributed by atoms with van der Waals surface area (Å²) in [6.07, 6.45) is 2.59. The van der Waals surface area contributed by atoms with Crippen molar-refractivity contribution in [1.29, 1.82) is 0 Å². The second kappa shape index (κ2) is 6.16. The van der Waals surface area contributed by atoms with Gasteiger partial charge in [0.1, 0.15) is 11.6 Å². The first kappa shape index (κ1) is 14.7. The van der Waals surface area contributed by atoms with Gasteiger partial charge in [0.15, 0.2) is 5.78 Å². The summed E-state index contributed by atoms with van der Waals surface area (Å²) >= 11 is 11.8. The largest absolute Gasteiger partial charge is 0.289 e. The third kappa shape index (κ3) is 3.24. The van der Waals surface area contributed by atoms with Crippen LogP contribution in [0.25, 0.3) is 6.08 Å². The lowest BCUT2D eigenvalue weighted by Crippen LogP contribution is -1.99. The molecule has 0 unspecified atom stereocenters. The highest BCUT2D eigenvalue weighted by Crippen LogP contribution is 2.26. The fourth-order valence-electron chi connectivity index (χ4n) is 1.59. The maximum absolute atomic E-state index is 13.4. The summed E-state index contributed by atoms with van der Waals surface area (Å²) in [5.74, 6) is -2.23. The van der Waals surface area contributed by atoms with E-state index in [1.807, 2.05) is 0 Å². The molecular formula is C15H8Cl2F2O. The Labute approximate surface area is 124 Å². The van der Waals surface area contributed by atoms with Crippen molar-refractivity contribution in [2.24, 2.45) is 0 Å². The molecular weight excluding hydrogens is 305 g/mol. The van der Waals surface area contributed by atoms with E-state index in [1.165, 1.54) is 6.08 Å². The fraction of sp³-hybridized carbons (Fsp3) is 0. The normalized spacial score (nSPS) is 11.0. The zero-order chi connectivity index (χ0) is 14.7. The number of ketones is 1. The molecule has 0 atom stereocenters. The van der Waals surface area contributed by atoms with E-state index >= 15 is 0 Å². The molecule has 2 rings (SSSR count). The van der Waals surface area contributed by atoms with Gasteiger partial charge in [-0.2, -0.15) is 0 Å². The minimum atomic E-state index is -0.906. The predicted octanol–water partition coefficient (Wildman–Crippen LogP) is 5.17. The number of benzene rings is 2. The zero-order valence-electron chi connectivity index (χ0n) is 10.0. The third-order valence-electron chi connectivity index (χ3n) is 2.59. The van der Waals surface area contributed by atoms with E-state index in [4.69, 9.17) is 23.2 Å². The van der Waals surface area contributed by atoms with Gasteiger partial charge >= 0.3 is 0 Å². The van der Waals surface area contributed by atoms with Gasteiger partial charge in [-0.25, -0.2) is 8.78 Å². The van der Waals surface area contributed by atoms with E-state index in [2.05, 4.69) is 0 Å². The molecule has 0 aliphatic heterocycles. The van der Waals surface area contributed by atoms with Crippen molar-refractivity contribution in [1.82, 2.24) is 0 Å². The second-order valence-corrected chi connectivity index (χ2v) is 4.75. The maximum atomic E-state index is 13.4. The van der Waals surface area contributed by atoms with E-state index < -0.39 is 17.4 Å². The molecule has 0 N–H and O–H groups in total. The molecule has 1 nitrogen and oxygen atoms in total. The van der Waals surface area contributed by atoms with Gasteiger partial charge in [-0.15, -0.1) is 0 Å². The molecule has 0 aliphatic carbocycles. The van der Waals surface area contributed by atoms with Gasteiger partial charge in [0.05, 0.1) is 15.6 Å². The van der Waals surface area contributed by atoms with E-state index in [0.29, 0.717) is 21.7 Å². The number of carbonyl (C=O) groups excluding carboxylic acids is 1. The highest BCUT2D eigenvalue weighted by atomic mass is 35.5.